The Morgan fingerprint density at radius 1 is 1.36 bits per heavy atom. The highest BCUT2D eigenvalue weighted by Crippen LogP contribution is 2.39. The molecule has 1 saturated heterocycles. The second-order valence-corrected chi connectivity index (χ2v) is 8.22. The van der Waals surface area contributed by atoms with Gasteiger partial charge in [-0.2, -0.15) is 0 Å². The maximum Gasteiger partial charge on any atom is 0.241 e. The summed E-state index contributed by atoms with van der Waals surface area (Å²) < 4.78 is 28.2. The van der Waals surface area contributed by atoms with Crippen LogP contribution in [0.4, 0.5) is 0 Å². The van der Waals surface area contributed by atoms with E-state index in [2.05, 4.69) is 10.0 Å². The summed E-state index contributed by atoms with van der Waals surface area (Å²) in [6.45, 7) is 1.69. The van der Waals surface area contributed by atoms with Gasteiger partial charge in [0.05, 0.1) is 10.4 Å². The molecule has 0 radical (unpaired) electrons. The minimum Gasteiger partial charge on any atom is -0.349 e. The van der Waals surface area contributed by atoms with Gasteiger partial charge in [-0.1, -0.05) is 17.7 Å². The third kappa shape index (κ3) is 2.64. The zero-order valence-corrected chi connectivity index (χ0v) is 13.9. The van der Waals surface area contributed by atoms with Crippen molar-refractivity contribution < 1.29 is 13.2 Å². The molecular formula is C15H19ClN2O3S. The Hall–Kier alpha value is -1.11. The molecule has 1 heterocycles. The van der Waals surface area contributed by atoms with E-state index in [0.29, 0.717) is 23.4 Å². The van der Waals surface area contributed by atoms with E-state index in [1.54, 1.807) is 25.1 Å². The van der Waals surface area contributed by atoms with Gasteiger partial charge in [-0.25, -0.2) is 13.1 Å². The van der Waals surface area contributed by atoms with E-state index in [1.165, 1.54) is 0 Å². The monoisotopic (exact) mass is 342 g/mol. The molecule has 1 amide bonds. The number of rotatable bonds is 3. The standard InChI is InChI=1S/C15H19ClN2O3S/c1-10-11(16)4-2-5-12(10)22(20,21)18-13-6-7-14(19)17-15(13)8-3-9-15/h2,4-5,13,18H,3,6-9H2,1H3,(H,17,19)/t13-/m1/s1. The van der Waals surface area contributed by atoms with Crippen LogP contribution in [0.5, 0.6) is 0 Å². The van der Waals surface area contributed by atoms with Crippen LogP contribution in [0.2, 0.25) is 5.02 Å². The Morgan fingerprint density at radius 3 is 2.73 bits per heavy atom. The number of amides is 1. The number of piperidine rings is 1. The topological polar surface area (TPSA) is 75.3 Å². The van der Waals surface area contributed by atoms with Crippen LogP contribution in [0.15, 0.2) is 23.1 Å². The third-order valence-corrected chi connectivity index (χ3v) is 6.79. The largest absolute Gasteiger partial charge is 0.349 e. The summed E-state index contributed by atoms with van der Waals surface area (Å²) in [4.78, 5) is 11.8. The Morgan fingerprint density at radius 2 is 2.09 bits per heavy atom. The molecule has 3 rings (SSSR count). The maximum atomic E-state index is 12.7. The molecule has 2 fully saturated rings. The van der Waals surface area contributed by atoms with Crippen molar-refractivity contribution in [1.82, 2.24) is 10.0 Å². The van der Waals surface area contributed by atoms with E-state index in [0.717, 1.165) is 19.3 Å². The minimum atomic E-state index is -3.66. The molecule has 22 heavy (non-hydrogen) atoms. The molecule has 1 aromatic rings. The lowest BCUT2D eigenvalue weighted by atomic mass is 9.68. The quantitative estimate of drug-likeness (QED) is 0.883. The van der Waals surface area contributed by atoms with Gasteiger partial charge in [0.2, 0.25) is 15.9 Å². The number of halogens is 1. The van der Waals surface area contributed by atoms with E-state index in [-0.39, 0.29) is 16.8 Å². The lowest BCUT2D eigenvalue weighted by Gasteiger charge is -2.50. The number of carbonyl (C=O) groups is 1. The molecular weight excluding hydrogens is 324 g/mol. The molecule has 1 atom stereocenters. The van der Waals surface area contributed by atoms with Crippen molar-refractivity contribution in [2.24, 2.45) is 0 Å². The summed E-state index contributed by atoms with van der Waals surface area (Å²) in [6, 6.07) is 4.59. The molecule has 2 N–H and O–H groups in total. The second kappa shape index (κ2) is 5.51. The Kier molecular flexibility index (Phi) is 3.95. The second-order valence-electron chi connectivity index (χ2n) is 6.13. The van der Waals surface area contributed by atoms with E-state index in [9.17, 15) is 13.2 Å². The first kappa shape index (κ1) is 15.8. The minimum absolute atomic E-state index is 0.00841. The number of carbonyl (C=O) groups excluding carboxylic acids is 1. The highest BCUT2D eigenvalue weighted by molar-refractivity contribution is 7.89. The lowest BCUT2D eigenvalue weighted by molar-refractivity contribution is -0.127. The van der Waals surface area contributed by atoms with Gasteiger partial charge < -0.3 is 5.32 Å². The summed E-state index contributed by atoms with van der Waals surface area (Å²) in [6.07, 6.45) is 3.53. The summed E-state index contributed by atoms with van der Waals surface area (Å²) in [7, 11) is -3.66. The van der Waals surface area contributed by atoms with Crippen LogP contribution >= 0.6 is 11.6 Å². The Balaban J connectivity index is 1.88. The summed E-state index contributed by atoms with van der Waals surface area (Å²) in [5.41, 5.74) is 0.133. The lowest BCUT2D eigenvalue weighted by Crippen LogP contribution is -2.68. The predicted octanol–water partition coefficient (Wildman–Crippen LogP) is 2.13. The average Bonchev–Trinajstić information content (AvgIpc) is 2.41. The maximum absolute atomic E-state index is 12.7. The van der Waals surface area contributed by atoms with Crippen molar-refractivity contribution in [3.63, 3.8) is 0 Å². The van der Waals surface area contributed by atoms with Gasteiger partial charge in [0.15, 0.2) is 0 Å². The van der Waals surface area contributed by atoms with E-state index >= 15 is 0 Å². The van der Waals surface area contributed by atoms with Gasteiger partial charge in [-0.05, 0) is 50.3 Å². The first-order valence-electron chi connectivity index (χ1n) is 7.42. The van der Waals surface area contributed by atoms with Crippen LogP contribution in [0.3, 0.4) is 0 Å². The average molecular weight is 343 g/mol. The molecule has 1 aliphatic carbocycles. The van der Waals surface area contributed by atoms with Crippen molar-refractivity contribution in [3.05, 3.63) is 28.8 Å². The molecule has 1 aromatic carbocycles. The number of benzene rings is 1. The van der Waals surface area contributed by atoms with Crippen LogP contribution in [-0.4, -0.2) is 25.9 Å². The fourth-order valence-corrected chi connectivity index (χ4v) is 5.16. The van der Waals surface area contributed by atoms with E-state index in [4.69, 9.17) is 11.6 Å². The van der Waals surface area contributed by atoms with Gasteiger partial charge in [-0.3, -0.25) is 4.79 Å². The molecule has 0 unspecified atom stereocenters. The van der Waals surface area contributed by atoms with Crippen molar-refractivity contribution in [3.8, 4) is 0 Å². The Labute approximate surface area is 135 Å². The van der Waals surface area contributed by atoms with Gasteiger partial charge in [-0.15, -0.1) is 0 Å². The van der Waals surface area contributed by atoms with E-state index in [1.807, 2.05) is 0 Å². The molecule has 0 bridgehead atoms. The number of sulfonamides is 1. The predicted molar refractivity (Wildman–Crippen MR) is 84.3 cm³/mol. The number of hydrogen-bond donors (Lipinski definition) is 2. The van der Waals surface area contributed by atoms with Crippen molar-refractivity contribution in [2.75, 3.05) is 0 Å². The normalized spacial score (nSPS) is 23.9. The molecule has 1 spiro atoms. The number of hydrogen-bond acceptors (Lipinski definition) is 3. The molecule has 120 valence electrons. The Bertz CT molecular complexity index is 713. The fourth-order valence-electron chi connectivity index (χ4n) is 3.31. The summed E-state index contributed by atoms with van der Waals surface area (Å²) >= 11 is 6.03. The first-order chi connectivity index (χ1) is 10.3. The smallest absolute Gasteiger partial charge is 0.241 e. The third-order valence-electron chi connectivity index (χ3n) is 4.77. The first-order valence-corrected chi connectivity index (χ1v) is 9.29. The molecule has 1 aliphatic heterocycles. The van der Waals surface area contributed by atoms with Crippen LogP contribution in [0.1, 0.15) is 37.7 Å². The van der Waals surface area contributed by atoms with Crippen molar-refractivity contribution in [2.45, 2.75) is 55.5 Å². The van der Waals surface area contributed by atoms with Gasteiger partial charge in [0, 0.05) is 17.5 Å². The van der Waals surface area contributed by atoms with Crippen LogP contribution < -0.4 is 10.0 Å². The summed E-state index contributed by atoms with van der Waals surface area (Å²) in [5, 5.41) is 3.42. The highest BCUT2D eigenvalue weighted by atomic mass is 35.5. The molecule has 2 aliphatic rings. The van der Waals surface area contributed by atoms with E-state index < -0.39 is 15.6 Å². The number of nitrogens with one attached hydrogen (secondary N) is 2. The SMILES string of the molecule is Cc1c(Cl)cccc1S(=O)(=O)N[C@@H]1CCC(=O)NC12CCC2. The highest BCUT2D eigenvalue weighted by Gasteiger charge is 2.49. The van der Waals surface area contributed by atoms with Gasteiger partial charge >= 0.3 is 0 Å². The molecule has 1 saturated carbocycles. The summed E-state index contributed by atoms with van der Waals surface area (Å²) in [5.74, 6) is 0.00841. The molecule has 0 aromatic heterocycles. The fraction of sp³-hybridized carbons (Fsp3) is 0.533. The zero-order chi connectivity index (χ0) is 16.0. The van der Waals surface area contributed by atoms with Crippen molar-refractivity contribution >= 4 is 27.5 Å². The van der Waals surface area contributed by atoms with Crippen molar-refractivity contribution in [1.29, 1.82) is 0 Å². The molecule has 5 nitrogen and oxygen atoms in total. The van der Waals surface area contributed by atoms with Crippen LogP contribution in [0.25, 0.3) is 0 Å². The van der Waals surface area contributed by atoms with Crippen LogP contribution in [0, 0.1) is 6.92 Å². The van der Waals surface area contributed by atoms with Crippen LogP contribution in [-0.2, 0) is 14.8 Å². The zero-order valence-electron chi connectivity index (χ0n) is 12.4. The van der Waals surface area contributed by atoms with Gasteiger partial charge in [0.1, 0.15) is 0 Å². The van der Waals surface area contributed by atoms with Gasteiger partial charge in [0.25, 0.3) is 0 Å². The molecule has 7 heteroatoms.